The number of carbonyl (C=O) groups is 2. The Bertz CT molecular complexity index is 311. The van der Waals surface area contributed by atoms with Crippen molar-refractivity contribution >= 4 is 12.1 Å². The summed E-state index contributed by atoms with van der Waals surface area (Å²) in [6.45, 7) is 7.07. The number of nitrogens with zero attached hydrogens (tertiary/aromatic N) is 1. The highest BCUT2D eigenvalue weighted by molar-refractivity contribution is 5.82. The molecule has 0 saturated heterocycles. The minimum Gasteiger partial charge on any atom is -0.467 e. The minimum atomic E-state index is -1.06. The van der Waals surface area contributed by atoms with Gasteiger partial charge in [0.2, 0.25) is 0 Å². The molecule has 0 aromatic rings. The Morgan fingerprint density at radius 2 is 1.84 bits per heavy atom. The molecular formula is C13H25NO5. The summed E-state index contributed by atoms with van der Waals surface area (Å²) in [6, 6.07) is -1.06. The molecule has 0 spiro atoms. The monoisotopic (exact) mass is 275 g/mol. The van der Waals surface area contributed by atoms with E-state index in [4.69, 9.17) is 4.74 Å². The number of carbonyl (C=O) groups excluding carboxylic acids is 2. The lowest BCUT2D eigenvalue weighted by atomic mass is 10.1. The van der Waals surface area contributed by atoms with Crippen LogP contribution in [0.15, 0.2) is 0 Å². The normalized spacial score (nSPS) is 14.5. The lowest BCUT2D eigenvalue weighted by Crippen LogP contribution is -2.51. The van der Waals surface area contributed by atoms with E-state index in [9.17, 15) is 14.7 Å². The highest BCUT2D eigenvalue weighted by Gasteiger charge is 2.35. The van der Waals surface area contributed by atoms with Crippen molar-refractivity contribution in [1.82, 2.24) is 4.90 Å². The van der Waals surface area contributed by atoms with Crippen molar-refractivity contribution in [1.29, 1.82) is 0 Å². The summed E-state index contributed by atoms with van der Waals surface area (Å²) in [4.78, 5) is 24.7. The molecular weight excluding hydrogens is 250 g/mol. The van der Waals surface area contributed by atoms with Crippen molar-refractivity contribution in [2.45, 2.75) is 58.3 Å². The molecule has 0 aliphatic carbocycles. The van der Waals surface area contributed by atoms with Crippen LogP contribution in [0.25, 0.3) is 0 Å². The third kappa shape index (κ3) is 5.92. The maximum absolute atomic E-state index is 11.9. The van der Waals surface area contributed by atoms with Gasteiger partial charge in [0, 0.05) is 7.05 Å². The molecule has 1 N–H and O–H groups in total. The van der Waals surface area contributed by atoms with Gasteiger partial charge in [-0.2, -0.15) is 0 Å². The summed E-state index contributed by atoms with van der Waals surface area (Å²) in [5.41, 5.74) is -0.665. The van der Waals surface area contributed by atoms with Crippen molar-refractivity contribution in [2.75, 3.05) is 14.2 Å². The van der Waals surface area contributed by atoms with Crippen LogP contribution in [0.4, 0.5) is 4.79 Å². The Hall–Kier alpha value is -1.30. The van der Waals surface area contributed by atoms with Crippen molar-refractivity contribution < 1.29 is 24.2 Å². The van der Waals surface area contributed by atoms with Gasteiger partial charge in [-0.1, -0.05) is 13.3 Å². The molecule has 0 aliphatic rings. The number of hydrogen-bond donors (Lipinski definition) is 1. The van der Waals surface area contributed by atoms with E-state index in [1.807, 2.05) is 6.92 Å². The topological polar surface area (TPSA) is 76.1 Å². The molecule has 1 amide bonds. The van der Waals surface area contributed by atoms with Crippen molar-refractivity contribution in [3.63, 3.8) is 0 Å². The highest BCUT2D eigenvalue weighted by atomic mass is 16.6. The first-order chi connectivity index (χ1) is 8.64. The maximum atomic E-state index is 11.9. The quantitative estimate of drug-likeness (QED) is 0.770. The first-order valence-corrected chi connectivity index (χ1v) is 6.35. The van der Waals surface area contributed by atoms with Crippen LogP contribution in [0.1, 0.15) is 40.5 Å². The van der Waals surface area contributed by atoms with Gasteiger partial charge in [0.15, 0.2) is 6.04 Å². The number of amides is 1. The molecule has 6 nitrogen and oxygen atoms in total. The summed E-state index contributed by atoms with van der Waals surface area (Å²) in [6.07, 6.45) is -0.558. The fraction of sp³-hybridized carbons (Fsp3) is 0.846. The Labute approximate surface area is 114 Å². The number of aliphatic hydroxyl groups excluding tert-OH is 1. The summed E-state index contributed by atoms with van der Waals surface area (Å²) in [5.74, 6) is -0.658. The molecule has 2 atom stereocenters. The van der Waals surface area contributed by atoms with Crippen molar-refractivity contribution in [3.8, 4) is 0 Å². The Kier molecular flexibility index (Phi) is 6.83. The first kappa shape index (κ1) is 17.7. The first-order valence-electron chi connectivity index (χ1n) is 6.35. The van der Waals surface area contributed by atoms with Gasteiger partial charge in [0.05, 0.1) is 13.2 Å². The van der Waals surface area contributed by atoms with Gasteiger partial charge < -0.3 is 14.6 Å². The fourth-order valence-corrected chi connectivity index (χ4v) is 1.60. The molecule has 112 valence electrons. The van der Waals surface area contributed by atoms with Gasteiger partial charge in [0.25, 0.3) is 0 Å². The molecule has 0 radical (unpaired) electrons. The van der Waals surface area contributed by atoms with Gasteiger partial charge in [-0.25, -0.2) is 9.59 Å². The van der Waals surface area contributed by atoms with E-state index in [2.05, 4.69) is 4.74 Å². The fourth-order valence-electron chi connectivity index (χ4n) is 1.60. The number of methoxy groups -OCH3 is 1. The summed E-state index contributed by atoms with van der Waals surface area (Å²) >= 11 is 0. The average molecular weight is 275 g/mol. The summed E-state index contributed by atoms with van der Waals surface area (Å²) in [5, 5.41) is 9.98. The van der Waals surface area contributed by atoms with Gasteiger partial charge in [-0.3, -0.25) is 4.90 Å². The Balaban J connectivity index is 4.95. The molecule has 0 bridgehead atoms. The predicted octanol–water partition coefficient (Wildman–Crippen LogP) is 1.56. The zero-order valence-electron chi connectivity index (χ0n) is 12.6. The number of ether oxygens (including phenoxy) is 2. The molecule has 0 rings (SSSR count). The van der Waals surface area contributed by atoms with Gasteiger partial charge >= 0.3 is 12.1 Å². The molecule has 0 aromatic carbocycles. The molecule has 0 saturated carbocycles. The Morgan fingerprint density at radius 1 is 1.32 bits per heavy atom. The number of hydrogen-bond acceptors (Lipinski definition) is 5. The second-order valence-electron chi connectivity index (χ2n) is 5.42. The van der Waals surface area contributed by atoms with E-state index in [-0.39, 0.29) is 0 Å². The molecule has 0 aliphatic heterocycles. The molecule has 0 heterocycles. The average Bonchev–Trinajstić information content (AvgIpc) is 2.26. The van der Waals surface area contributed by atoms with Crippen LogP contribution in [0.5, 0.6) is 0 Å². The second kappa shape index (κ2) is 7.33. The summed E-state index contributed by atoms with van der Waals surface area (Å²) in [7, 11) is 2.63. The molecule has 19 heavy (non-hydrogen) atoms. The lowest BCUT2D eigenvalue weighted by Gasteiger charge is -2.31. The molecule has 0 aromatic heterocycles. The number of esters is 1. The van der Waals surface area contributed by atoms with E-state index >= 15 is 0 Å². The molecule has 0 fully saturated rings. The molecule has 0 unspecified atom stereocenters. The largest absolute Gasteiger partial charge is 0.467 e. The van der Waals surface area contributed by atoms with Gasteiger partial charge in [-0.15, -0.1) is 0 Å². The number of likely N-dealkylation sites (N-methyl/N-ethyl adjacent to an activating group) is 1. The van der Waals surface area contributed by atoms with E-state index in [0.717, 1.165) is 4.90 Å². The minimum absolute atomic E-state index is 0.396. The van der Waals surface area contributed by atoms with Crippen LogP contribution >= 0.6 is 0 Å². The van der Waals surface area contributed by atoms with E-state index in [1.165, 1.54) is 14.2 Å². The van der Waals surface area contributed by atoms with E-state index in [0.29, 0.717) is 12.8 Å². The summed E-state index contributed by atoms with van der Waals surface area (Å²) < 4.78 is 9.80. The van der Waals surface area contributed by atoms with Crippen molar-refractivity contribution in [3.05, 3.63) is 0 Å². The van der Waals surface area contributed by atoms with E-state index < -0.39 is 29.8 Å². The zero-order chi connectivity index (χ0) is 15.2. The van der Waals surface area contributed by atoms with Crippen LogP contribution in [0.2, 0.25) is 0 Å². The predicted molar refractivity (Wildman–Crippen MR) is 70.7 cm³/mol. The van der Waals surface area contributed by atoms with Crippen LogP contribution in [-0.4, -0.2) is 54.0 Å². The molecule has 6 heteroatoms. The van der Waals surface area contributed by atoms with Crippen LogP contribution in [-0.2, 0) is 14.3 Å². The number of rotatable bonds is 5. The zero-order valence-corrected chi connectivity index (χ0v) is 12.6. The maximum Gasteiger partial charge on any atom is 0.410 e. The highest BCUT2D eigenvalue weighted by Crippen LogP contribution is 2.15. The van der Waals surface area contributed by atoms with Crippen LogP contribution in [0, 0.1) is 0 Å². The van der Waals surface area contributed by atoms with E-state index in [1.54, 1.807) is 20.8 Å². The third-order valence-corrected chi connectivity index (χ3v) is 2.49. The number of aliphatic hydroxyl groups is 1. The standard InChI is InChI=1S/C13H25NO5/c1-7-8-9(15)10(11(16)18-6)14(5)12(17)19-13(2,3)4/h9-10,15H,7-8H2,1-6H3/t9-,10-/m1/s1. The van der Waals surface area contributed by atoms with Crippen LogP contribution in [0.3, 0.4) is 0 Å². The lowest BCUT2D eigenvalue weighted by molar-refractivity contribution is -0.150. The smallest absolute Gasteiger partial charge is 0.410 e. The van der Waals surface area contributed by atoms with Crippen molar-refractivity contribution in [2.24, 2.45) is 0 Å². The van der Waals surface area contributed by atoms with Crippen LogP contribution < -0.4 is 0 Å². The van der Waals surface area contributed by atoms with Gasteiger partial charge in [-0.05, 0) is 27.2 Å². The SMILES string of the molecule is CCC[C@@H](O)[C@H](C(=O)OC)N(C)C(=O)OC(C)(C)C. The second-order valence-corrected chi connectivity index (χ2v) is 5.42. The van der Waals surface area contributed by atoms with Gasteiger partial charge in [0.1, 0.15) is 5.60 Å². The third-order valence-electron chi connectivity index (χ3n) is 2.49. The Morgan fingerprint density at radius 3 is 2.21 bits per heavy atom.